The van der Waals surface area contributed by atoms with Crippen molar-refractivity contribution in [3.8, 4) is 0 Å². The molecule has 0 radical (unpaired) electrons. The molecule has 3 heterocycles. The third-order valence-corrected chi connectivity index (χ3v) is 5.98. The number of hydrazone groups is 1. The van der Waals surface area contributed by atoms with Crippen LogP contribution in [0.3, 0.4) is 0 Å². The van der Waals surface area contributed by atoms with Gasteiger partial charge >= 0.3 is 0 Å². The van der Waals surface area contributed by atoms with Gasteiger partial charge < -0.3 is 5.32 Å². The lowest BCUT2D eigenvalue weighted by Gasteiger charge is -2.28. The average Bonchev–Trinajstić information content (AvgIpc) is 3.23. The molecule has 0 amide bonds. The van der Waals surface area contributed by atoms with Gasteiger partial charge in [0.05, 0.1) is 5.71 Å². The Bertz CT molecular complexity index is 845. The van der Waals surface area contributed by atoms with Crippen LogP contribution in [0.2, 0.25) is 0 Å². The van der Waals surface area contributed by atoms with Gasteiger partial charge in [-0.05, 0) is 62.4 Å². The number of allylic oxidation sites excluding steroid dienone is 2. The third kappa shape index (κ3) is 6.19. The highest BCUT2D eigenvalue weighted by atomic mass is 32.1. The first-order valence-electron chi connectivity index (χ1n) is 9.01. The van der Waals surface area contributed by atoms with E-state index in [1.165, 1.54) is 19.5 Å². The van der Waals surface area contributed by atoms with Gasteiger partial charge in [-0.25, -0.2) is 5.43 Å². The molecule has 0 bridgehead atoms. The van der Waals surface area contributed by atoms with Crippen LogP contribution in [0.25, 0.3) is 12.2 Å². The van der Waals surface area contributed by atoms with Crippen molar-refractivity contribution in [2.24, 2.45) is 15.5 Å². The van der Waals surface area contributed by atoms with E-state index in [1.807, 2.05) is 12.2 Å². The normalized spacial score (nSPS) is 16.4. The second-order valence-electron chi connectivity index (χ2n) is 7.39. The molecule has 0 saturated carbocycles. The van der Waals surface area contributed by atoms with Crippen LogP contribution in [-0.2, 0) is 0 Å². The van der Waals surface area contributed by atoms with Crippen LogP contribution >= 0.6 is 22.7 Å². The quantitative estimate of drug-likeness (QED) is 0.545. The summed E-state index contributed by atoms with van der Waals surface area (Å²) in [5, 5.41) is 7.85. The Morgan fingerprint density at radius 3 is 2.11 bits per heavy atom. The average molecular weight is 399 g/mol. The van der Waals surface area contributed by atoms with Gasteiger partial charge in [-0.15, -0.1) is 22.7 Å². The summed E-state index contributed by atoms with van der Waals surface area (Å²) in [5.41, 5.74) is 4.11. The molecule has 0 fully saturated rings. The lowest BCUT2D eigenvalue weighted by Crippen LogP contribution is -2.46. The van der Waals surface area contributed by atoms with E-state index in [9.17, 15) is 0 Å². The largest absolute Gasteiger partial charge is 0.354 e. The van der Waals surface area contributed by atoms with Crippen molar-refractivity contribution in [3.05, 3.63) is 55.9 Å². The molecule has 3 rings (SSSR count). The van der Waals surface area contributed by atoms with Crippen molar-refractivity contribution in [2.45, 2.75) is 27.7 Å². The Balaban J connectivity index is 1.75. The highest BCUT2D eigenvalue weighted by Crippen LogP contribution is 2.18. The minimum absolute atomic E-state index is 0.186. The van der Waals surface area contributed by atoms with E-state index in [4.69, 9.17) is 0 Å². The van der Waals surface area contributed by atoms with Crippen molar-refractivity contribution >= 4 is 46.5 Å². The molecule has 0 saturated heterocycles. The van der Waals surface area contributed by atoms with E-state index in [1.54, 1.807) is 22.7 Å². The molecule has 4 nitrogen and oxygen atoms in total. The van der Waals surface area contributed by atoms with Gasteiger partial charge in [-0.1, -0.05) is 13.8 Å². The summed E-state index contributed by atoms with van der Waals surface area (Å²) in [6, 6.07) is 8.52. The molecular formula is C21H26N4S2. The van der Waals surface area contributed by atoms with Crippen molar-refractivity contribution in [3.63, 3.8) is 0 Å². The Hall–Kier alpha value is -2.18. The SMILES string of the molecule is Cc1ccc(/C=C/C(/C=C/c2ccc(C)s2)=NNC2=NCC(C)(C)CN2)s1. The van der Waals surface area contributed by atoms with E-state index in [0.29, 0.717) is 0 Å². The summed E-state index contributed by atoms with van der Waals surface area (Å²) in [5.74, 6) is 0.729. The van der Waals surface area contributed by atoms with Gasteiger partial charge in [0, 0.05) is 38.0 Å². The number of aliphatic imine (C=N–C) groups is 1. The number of nitrogens with zero attached hydrogens (tertiary/aromatic N) is 2. The minimum atomic E-state index is 0.186. The number of nitrogens with one attached hydrogen (secondary N) is 2. The van der Waals surface area contributed by atoms with Crippen LogP contribution in [0.5, 0.6) is 0 Å². The van der Waals surface area contributed by atoms with E-state index in [2.05, 4.69) is 84.9 Å². The molecule has 2 aromatic rings. The third-order valence-electron chi connectivity index (χ3n) is 4.05. The summed E-state index contributed by atoms with van der Waals surface area (Å²) in [6.45, 7) is 10.3. The lowest BCUT2D eigenvalue weighted by molar-refractivity contribution is 0.358. The summed E-state index contributed by atoms with van der Waals surface area (Å²) in [7, 11) is 0. The van der Waals surface area contributed by atoms with E-state index < -0.39 is 0 Å². The van der Waals surface area contributed by atoms with Crippen molar-refractivity contribution in [1.82, 2.24) is 10.7 Å². The molecule has 0 atom stereocenters. The molecule has 2 aromatic heterocycles. The first-order valence-corrected chi connectivity index (χ1v) is 10.6. The molecule has 1 aliphatic heterocycles. The predicted molar refractivity (Wildman–Crippen MR) is 121 cm³/mol. The molecular weight excluding hydrogens is 372 g/mol. The first kappa shape index (κ1) is 19.6. The molecule has 6 heteroatoms. The van der Waals surface area contributed by atoms with Crippen LogP contribution in [0.1, 0.15) is 33.4 Å². The zero-order valence-corrected chi connectivity index (χ0v) is 17.9. The molecule has 1 aliphatic rings. The Labute approximate surface area is 169 Å². The number of guanidine groups is 1. The Morgan fingerprint density at radius 2 is 1.67 bits per heavy atom. The zero-order chi connectivity index (χ0) is 19.3. The lowest BCUT2D eigenvalue weighted by atomic mass is 9.93. The maximum absolute atomic E-state index is 4.55. The summed E-state index contributed by atoms with van der Waals surface area (Å²) in [6.07, 6.45) is 8.26. The van der Waals surface area contributed by atoms with Crippen LogP contribution in [-0.4, -0.2) is 24.8 Å². The minimum Gasteiger partial charge on any atom is -0.354 e. The van der Waals surface area contributed by atoms with Crippen molar-refractivity contribution in [1.29, 1.82) is 0 Å². The number of thiophene rings is 2. The molecule has 0 spiro atoms. The molecule has 0 unspecified atom stereocenters. The van der Waals surface area contributed by atoms with Gasteiger partial charge in [0.1, 0.15) is 0 Å². The van der Waals surface area contributed by atoms with E-state index in [0.717, 1.165) is 24.8 Å². The summed E-state index contributed by atoms with van der Waals surface area (Å²) < 4.78 is 0. The van der Waals surface area contributed by atoms with Gasteiger partial charge in [0.25, 0.3) is 0 Å². The maximum atomic E-state index is 4.55. The predicted octanol–water partition coefficient (Wildman–Crippen LogP) is 5.08. The van der Waals surface area contributed by atoms with E-state index >= 15 is 0 Å². The second kappa shape index (κ2) is 8.67. The smallest absolute Gasteiger partial charge is 0.212 e. The van der Waals surface area contributed by atoms with Gasteiger partial charge in [0.15, 0.2) is 0 Å². The van der Waals surface area contributed by atoms with Crippen LogP contribution in [0.15, 0.2) is 46.5 Å². The van der Waals surface area contributed by atoms with Crippen molar-refractivity contribution < 1.29 is 0 Å². The fraction of sp³-hybridized carbons (Fsp3) is 0.333. The van der Waals surface area contributed by atoms with Gasteiger partial charge in [-0.2, -0.15) is 5.10 Å². The van der Waals surface area contributed by atoms with E-state index in [-0.39, 0.29) is 5.41 Å². The van der Waals surface area contributed by atoms with Crippen LogP contribution in [0, 0.1) is 19.3 Å². The van der Waals surface area contributed by atoms with Crippen LogP contribution < -0.4 is 10.7 Å². The topological polar surface area (TPSA) is 48.8 Å². The summed E-state index contributed by atoms with van der Waals surface area (Å²) in [4.78, 5) is 9.59. The standard InChI is InChI=1S/C21H26N4S2/c1-15-5-9-18(26-15)11-7-17(8-12-19-10-6-16(2)27-19)24-25-20-22-13-21(3,4)14-23-20/h5-12H,13-14H2,1-4H3,(H2,22,23,25)/b11-7+,12-8+. The van der Waals surface area contributed by atoms with Crippen LogP contribution in [0.4, 0.5) is 0 Å². The van der Waals surface area contributed by atoms with Gasteiger partial charge in [-0.3, -0.25) is 4.99 Å². The second-order valence-corrected chi connectivity index (χ2v) is 10.0. The molecule has 0 aliphatic carbocycles. The fourth-order valence-electron chi connectivity index (χ4n) is 2.47. The maximum Gasteiger partial charge on any atom is 0.212 e. The monoisotopic (exact) mass is 398 g/mol. The molecule has 2 N–H and O–H groups in total. The number of hydrogen-bond donors (Lipinski definition) is 2. The number of rotatable bonds is 5. The number of aryl methyl sites for hydroxylation is 2. The highest BCUT2D eigenvalue weighted by Gasteiger charge is 2.21. The fourth-order valence-corrected chi connectivity index (χ4v) is 4.03. The Morgan fingerprint density at radius 1 is 1.07 bits per heavy atom. The van der Waals surface area contributed by atoms with Gasteiger partial charge in [0.2, 0.25) is 5.96 Å². The van der Waals surface area contributed by atoms with Crippen molar-refractivity contribution in [2.75, 3.05) is 13.1 Å². The summed E-state index contributed by atoms with van der Waals surface area (Å²) >= 11 is 3.55. The Kier molecular flexibility index (Phi) is 6.29. The zero-order valence-electron chi connectivity index (χ0n) is 16.2. The molecule has 142 valence electrons. The highest BCUT2D eigenvalue weighted by molar-refractivity contribution is 7.13. The molecule has 0 aromatic carbocycles. The number of hydrogen-bond acceptors (Lipinski definition) is 6. The first-order chi connectivity index (χ1) is 12.9. The molecule has 27 heavy (non-hydrogen) atoms.